The molecule has 0 bridgehead atoms. The number of carboxylic acids is 1. The van der Waals surface area contributed by atoms with Crippen LogP contribution in [0.15, 0.2) is 25.0 Å². The van der Waals surface area contributed by atoms with Crippen molar-refractivity contribution in [2.75, 3.05) is 0 Å². The summed E-state index contributed by atoms with van der Waals surface area (Å²) < 4.78 is 3.43. The van der Waals surface area contributed by atoms with E-state index in [1.165, 1.54) is 0 Å². The van der Waals surface area contributed by atoms with Crippen molar-refractivity contribution in [3.8, 4) is 0 Å². The molecule has 6 heteroatoms. The zero-order chi connectivity index (χ0) is 11.7. The minimum absolute atomic E-state index is 0.494. The summed E-state index contributed by atoms with van der Waals surface area (Å²) in [6.07, 6.45) is 6.53. The van der Waals surface area contributed by atoms with Gasteiger partial charge in [-0.3, -0.25) is 4.79 Å². The van der Waals surface area contributed by atoms with E-state index in [1.807, 2.05) is 0 Å². The number of aliphatic carboxylic acids is 1. The van der Waals surface area contributed by atoms with Crippen molar-refractivity contribution in [2.45, 2.75) is 5.92 Å². The van der Waals surface area contributed by atoms with Gasteiger partial charge in [-0.1, -0.05) is 0 Å². The van der Waals surface area contributed by atoms with E-state index in [4.69, 9.17) is 0 Å². The predicted molar refractivity (Wildman–Crippen MR) is 55.9 cm³/mol. The van der Waals surface area contributed by atoms with Crippen LogP contribution >= 0.6 is 0 Å². The van der Waals surface area contributed by atoms with Gasteiger partial charge in [-0.05, 0) is 0 Å². The predicted octanol–water partition coefficient (Wildman–Crippen LogP) is 0.370. The van der Waals surface area contributed by atoms with Crippen LogP contribution in [0.3, 0.4) is 0 Å². The molecule has 0 aliphatic heterocycles. The summed E-state index contributed by atoms with van der Waals surface area (Å²) >= 11 is 0. The van der Waals surface area contributed by atoms with Gasteiger partial charge in [-0.15, -0.1) is 0 Å². The fourth-order valence-corrected chi connectivity index (χ4v) is 1.57. The van der Waals surface area contributed by atoms with Crippen LogP contribution in [0.2, 0.25) is 0 Å². The smallest absolute Gasteiger partial charge is 0.318 e. The van der Waals surface area contributed by atoms with Crippen molar-refractivity contribution in [1.29, 1.82) is 0 Å². The van der Waals surface area contributed by atoms with Crippen LogP contribution in [0.4, 0.5) is 0 Å². The Labute approximate surface area is 92.2 Å². The summed E-state index contributed by atoms with van der Waals surface area (Å²) in [5.41, 5.74) is 0.988. The Morgan fingerprint density at radius 2 is 1.62 bits per heavy atom. The van der Waals surface area contributed by atoms with Crippen molar-refractivity contribution in [3.63, 3.8) is 0 Å². The van der Waals surface area contributed by atoms with Gasteiger partial charge in [-0.25, -0.2) is 9.97 Å². The van der Waals surface area contributed by atoms with Gasteiger partial charge in [0.25, 0.3) is 0 Å². The number of rotatable bonds is 3. The first-order valence-electron chi connectivity index (χ1n) is 4.76. The van der Waals surface area contributed by atoms with Gasteiger partial charge in [-0.2, -0.15) is 0 Å². The molecule has 2 heterocycles. The summed E-state index contributed by atoms with van der Waals surface area (Å²) in [5, 5.41) is 9.20. The number of aryl methyl sites for hydroxylation is 2. The van der Waals surface area contributed by atoms with Crippen LogP contribution in [0.25, 0.3) is 0 Å². The van der Waals surface area contributed by atoms with Gasteiger partial charge in [0.1, 0.15) is 5.92 Å². The average Bonchev–Trinajstić information content (AvgIpc) is 2.76. The third-order valence-corrected chi connectivity index (χ3v) is 2.29. The largest absolute Gasteiger partial charge is 0.480 e. The first-order valence-corrected chi connectivity index (χ1v) is 4.76. The van der Waals surface area contributed by atoms with Crippen molar-refractivity contribution in [3.05, 3.63) is 36.4 Å². The molecule has 0 aromatic carbocycles. The van der Waals surface area contributed by atoms with Crippen LogP contribution in [0.5, 0.6) is 0 Å². The molecule has 0 saturated carbocycles. The molecule has 16 heavy (non-hydrogen) atoms. The van der Waals surface area contributed by atoms with Gasteiger partial charge in [0, 0.05) is 26.5 Å². The Morgan fingerprint density at radius 1 is 1.19 bits per heavy atom. The lowest BCUT2D eigenvalue weighted by Crippen LogP contribution is -2.14. The lowest BCUT2D eigenvalue weighted by Gasteiger charge is -2.05. The van der Waals surface area contributed by atoms with E-state index < -0.39 is 11.9 Å². The van der Waals surface area contributed by atoms with Crippen LogP contribution < -0.4 is 0 Å². The van der Waals surface area contributed by atoms with Gasteiger partial charge in [0.15, 0.2) is 0 Å². The first kappa shape index (κ1) is 10.4. The fraction of sp³-hybridized carbons (Fsp3) is 0.300. The summed E-state index contributed by atoms with van der Waals surface area (Å²) in [6.45, 7) is 0. The van der Waals surface area contributed by atoms with E-state index in [2.05, 4.69) is 9.97 Å². The Balaban J connectivity index is 2.42. The van der Waals surface area contributed by atoms with E-state index in [0.29, 0.717) is 11.4 Å². The first-order chi connectivity index (χ1) is 7.58. The third-order valence-electron chi connectivity index (χ3n) is 2.29. The SMILES string of the molecule is Cn1cnc(C(C(=O)O)c2cn(C)cn2)c1. The molecule has 6 nitrogen and oxygen atoms in total. The molecule has 1 N–H and O–H groups in total. The molecule has 0 spiro atoms. The summed E-state index contributed by atoms with van der Waals surface area (Å²) in [5.74, 6) is -1.75. The van der Waals surface area contributed by atoms with Gasteiger partial charge in [0.2, 0.25) is 0 Å². The standard InChI is InChI=1S/C10H12N4O2/c1-13-3-7(11-5-13)9(10(15)16)8-4-14(2)6-12-8/h3-6,9H,1-2H3,(H,15,16). The summed E-state index contributed by atoms with van der Waals surface area (Å²) in [7, 11) is 3.60. The lowest BCUT2D eigenvalue weighted by molar-refractivity contribution is -0.137. The molecule has 2 rings (SSSR count). The highest BCUT2D eigenvalue weighted by Crippen LogP contribution is 2.21. The molecule has 0 atom stereocenters. The number of carbonyl (C=O) groups is 1. The summed E-state index contributed by atoms with van der Waals surface area (Å²) in [6, 6.07) is 0. The molecule has 0 saturated heterocycles. The highest BCUT2D eigenvalue weighted by atomic mass is 16.4. The molecule has 0 fully saturated rings. The van der Waals surface area contributed by atoms with Gasteiger partial charge >= 0.3 is 5.97 Å². The topological polar surface area (TPSA) is 72.9 Å². The second-order valence-corrected chi connectivity index (χ2v) is 3.70. The second kappa shape index (κ2) is 3.80. The zero-order valence-electron chi connectivity index (χ0n) is 9.03. The molecule has 0 aliphatic rings. The highest BCUT2D eigenvalue weighted by molar-refractivity contribution is 5.78. The van der Waals surface area contributed by atoms with Crippen LogP contribution in [0.1, 0.15) is 17.3 Å². The maximum atomic E-state index is 11.2. The second-order valence-electron chi connectivity index (χ2n) is 3.70. The molecule has 0 radical (unpaired) electrons. The Bertz CT molecular complexity index is 474. The number of hydrogen-bond donors (Lipinski definition) is 1. The lowest BCUT2D eigenvalue weighted by atomic mass is 10.0. The van der Waals surface area contributed by atoms with E-state index in [9.17, 15) is 9.90 Å². The van der Waals surface area contributed by atoms with Crippen LogP contribution in [-0.4, -0.2) is 30.2 Å². The normalized spacial score (nSPS) is 10.9. The fourth-order valence-electron chi connectivity index (χ4n) is 1.57. The molecule has 0 aliphatic carbocycles. The highest BCUT2D eigenvalue weighted by Gasteiger charge is 2.26. The number of aromatic nitrogens is 4. The minimum atomic E-state index is -0.947. The van der Waals surface area contributed by atoms with Gasteiger partial charge < -0.3 is 14.2 Å². The maximum absolute atomic E-state index is 11.2. The minimum Gasteiger partial charge on any atom is -0.480 e. The van der Waals surface area contributed by atoms with E-state index in [0.717, 1.165) is 0 Å². The quantitative estimate of drug-likeness (QED) is 0.811. The molecular formula is C10H12N4O2. The summed E-state index contributed by atoms with van der Waals surface area (Å²) in [4.78, 5) is 19.3. The molecule has 84 valence electrons. The Morgan fingerprint density at radius 3 is 1.88 bits per heavy atom. The van der Waals surface area contributed by atoms with E-state index >= 15 is 0 Å². The van der Waals surface area contributed by atoms with Crippen molar-refractivity contribution < 1.29 is 9.90 Å². The molecule has 0 unspecified atom stereocenters. The molecular weight excluding hydrogens is 208 g/mol. The molecule has 2 aromatic heterocycles. The van der Waals surface area contributed by atoms with Crippen LogP contribution in [-0.2, 0) is 18.9 Å². The Kier molecular flexibility index (Phi) is 2.47. The maximum Gasteiger partial charge on any atom is 0.318 e. The average molecular weight is 220 g/mol. The van der Waals surface area contributed by atoms with Gasteiger partial charge in [0.05, 0.1) is 24.0 Å². The number of imidazole rings is 2. The van der Waals surface area contributed by atoms with Crippen molar-refractivity contribution in [2.24, 2.45) is 14.1 Å². The number of carboxylic acid groups (broad SMARTS) is 1. The number of hydrogen-bond acceptors (Lipinski definition) is 3. The monoisotopic (exact) mass is 220 g/mol. The molecule has 2 aromatic rings. The molecule has 0 amide bonds. The number of nitrogens with zero attached hydrogens (tertiary/aromatic N) is 4. The zero-order valence-corrected chi connectivity index (χ0v) is 9.03. The Hall–Kier alpha value is -2.11. The van der Waals surface area contributed by atoms with Crippen molar-refractivity contribution >= 4 is 5.97 Å². The van der Waals surface area contributed by atoms with E-state index in [-0.39, 0.29) is 0 Å². The van der Waals surface area contributed by atoms with E-state index in [1.54, 1.807) is 48.3 Å². The van der Waals surface area contributed by atoms with Crippen LogP contribution in [0, 0.1) is 0 Å². The van der Waals surface area contributed by atoms with Crippen molar-refractivity contribution in [1.82, 2.24) is 19.1 Å². The third kappa shape index (κ3) is 1.81.